The summed E-state index contributed by atoms with van der Waals surface area (Å²) >= 11 is 0. The molecule has 1 aliphatic heterocycles. The predicted octanol–water partition coefficient (Wildman–Crippen LogP) is 0.645. The third-order valence-corrected chi connectivity index (χ3v) is 3.11. The van der Waals surface area contributed by atoms with Crippen LogP contribution < -0.4 is 5.32 Å². The topological polar surface area (TPSA) is 71.8 Å². The van der Waals surface area contributed by atoms with E-state index in [-0.39, 0.29) is 30.5 Å². The molecule has 2 atom stereocenters. The number of ether oxygens (including phenoxy) is 1. The summed E-state index contributed by atoms with van der Waals surface area (Å²) in [5.41, 5.74) is 0.413. The molecule has 2 amide bonds. The van der Waals surface area contributed by atoms with E-state index in [1.54, 1.807) is 11.0 Å². The van der Waals surface area contributed by atoms with E-state index >= 15 is 0 Å². The molecule has 6 heteroatoms. The number of amides is 2. The quantitative estimate of drug-likeness (QED) is 0.871. The van der Waals surface area contributed by atoms with Crippen LogP contribution >= 0.6 is 0 Å². The summed E-state index contributed by atoms with van der Waals surface area (Å²) in [6.07, 6.45) is 2.80. The summed E-state index contributed by atoms with van der Waals surface area (Å²) in [6.45, 7) is 4.93. The number of furan rings is 1. The molecule has 0 aliphatic carbocycles. The zero-order valence-electron chi connectivity index (χ0n) is 11.1. The molecule has 0 saturated carbocycles. The van der Waals surface area contributed by atoms with Crippen LogP contribution in [0.25, 0.3) is 0 Å². The van der Waals surface area contributed by atoms with Gasteiger partial charge in [-0.1, -0.05) is 0 Å². The molecule has 0 bridgehead atoms. The van der Waals surface area contributed by atoms with Gasteiger partial charge in [0.2, 0.25) is 5.91 Å². The summed E-state index contributed by atoms with van der Waals surface area (Å²) in [6, 6.07) is 1.59. The minimum Gasteiger partial charge on any atom is -0.472 e. The Morgan fingerprint density at radius 2 is 2.26 bits per heavy atom. The number of hydrogen-bond donors (Lipinski definition) is 1. The largest absolute Gasteiger partial charge is 0.472 e. The summed E-state index contributed by atoms with van der Waals surface area (Å²) in [5.74, 6) is -0.407. The Balaban J connectivity index is 1.85. The third kappa shape index (κ3) is 3.35. The van der Waals surface area contributed by atoms with Crippen LogP contribution in [-0.2, 0) is 9.53 Å². The number of carbonyl (C=O) groups is 2. The lowest BCUT2D eigenvalue weighted by atomic mass is 10.2. The highest BCUT2D eigenvalue weighted by Gasteiger charge is 2.27. The summed E-state index contributed by atoms with van der Waals surface area (Å²) in [4.78, 5) is 25.5. The van der Waals surface area contributed by atoms with Gasteiger partial charge in [0.1, 0.15) is 6.26 Å². The van der Waals surface area contributed by atoms with E-state index in [0.717, 1.165) is 0 Å². The zero-order chi connectivity index (χ0) is 13.8. The Morgan fingerprint density at radius 1 is 1.47 bits per heavy atom. The molecular formula is C13H18N2O4. The number of morpholine rings is 1. The molecule has 1 fully saturated rings. The fourth-order valence-corrected chi connectivity index (χ4v) is 2.00. The Kier molecular flexibility index (Phi) is 4.21. The van der Waals surface area contributed by atoms with Gasteiger partial charge in [-0.3, -0.25) is 9.59 Å². The van der Waals surface area contributed by atoms with Crippen molar-refractivity contribution in [1.29, 1.82) is 0 Å². The maximum atomic E-state index is 12.1. The molecule has 1 aromatic heterocycles. The number of nitrogens with one attached hydrogen (secondary N) is 1. The highest BCUT2D eigenvalue weighted by atomic mass is 16.5. The molecule has 1 saturated heterocycles. The molecular weight excluding hydrogens is 248 g/mol. The first-order chi connectivity index (χ1) is 9.08. The monoisotopic (exact) mass is 266 g/mol. The van der Waals surface area contributed by atoms with Crippen molar-refractivity contribution in [2.24, 2.45) is 0 Å². The Morgan fingerprint density at radius 3 is 2.95 bits per heavy atom. The predicted molar refractivity (Wildman–Crippen MR) is 67.6 cm³/mol. The SMILES string of the molecule is C[C@@H]1CO[C@@H](C)CN1C(=O)CNC(=O)c1ccoc1. The van der Waals surface area contributed by atoms with Crippen molar-refractivity contribution >= 4 is 11.8 Å². The van der Waals surface area contributed by atoms with E-state index in [1.807, 2.05) is 13.8 Å². The second-order valence-corrected chi connectivity index (χ2v) is 4.73. The number of carbonyl (C=O) groups excluding carboxylic acids is 2. The van der Waals surface area contributed by atoms with Crippen LogP contribution in [0, 0.1) is 0 Å². The molecule has 1 aliphatic rings. The van der Waals surface area contributed by atoms with Gasteiger partial charge in [0.25, 0.3) is 5.91 Å². The van der Waals surface area contributed by atoms with Gasteiger partial charge in [-0.25, -0.2) is 0 Å². The lowest BCUT2D eigenvalue weighted by Crippen LogP contribution is -2.52. The van der Waals surface area contributed by atoms with E-state index in [0.29, 0.717) is 18.7 Å². The van der Waals surface area contributed by atoms with Crippen molar-refractivity contribution in [3.63, 3.8) is 0 Å². The minimum absolute atomic E-state index is 0.0128. The second kappa shape index (κ2) is 5.88. The molecule has 2 rings (SSSR count). The zero-order valence-corrected chi connectivity index (χ0v) is 11.1. The lowest BCUT2D eigenvalue weighted by Gasteiger charge is -2.36. The lowest BCUT2D eigenvalue weighted by molar-refractivity contribution is -0.142. The van der Waals surface area contributed by atoms with Crippen LogP contribution in [0.5, 0.6) is 0 Å². The van der Waals surface area contributed by atoms with Gasteiger partial charge in [0.15, 0.2) is 0 Å². The van der Waals surface area contributed by atoms with Crippen LogP contribution in [-0.4, -0.2) is 48.6 Å². The summed E-state index contributed by atoms with van der Waals surface area (Å²) < 4.78 is 10.3. The molecule has 0 aromatic carbocycles. The van der Waals surface area contributed by atoms with E-state index in [2.05, 4.69) is 5.32 Å². The van der Waals surface area contributed by atoms with Crippen molar-refractivity contribution in [1.82, 2.24) is 10.2 Å². The van der Waals surface area contributed by atoms with Crippen molar-refractivity contribution in [2.75, 3.05) is 19.7 Å². The molecule has 1 N–H and O–H groups in total. The van der Waals surface area contributed by atoms with E-state index in [9.17, 15) is 9.59 Å². The van der Waals surface area contributed by atoms with Crippen LogP contribution in [0.1, 0.15) is 24.2 Å². The Bertz CT molecular complexity index is 444. The van der Waals surface area contributed by atoms with E-state index in [4.69, 9.17) is 9.15 Å². The molecule has 0 spiro atoms. The van der Waals surface area contributed by atoms with Crippen LogP contribution in [0.3, 0.4) is 0 Å². The van der Waals surface area contributed by atoms with Crippen molar-refractivity contribution in [3.8, 4) is 0 Å². The van der Waals surface area contributed by atoms with Gasteiger partial charge < -0.3 is 19.4 Å². The smallest absolute Gasteiger partial charge is 0.254 e. The fraction of sp³-hybridized carbons (Fsp3) is 0.538. The van der Waals surface area contributed by atoms with Crippen molar-refractivity contribution in [3.05, 3.63) is 24.2 Å². The van der Waals surface area contributed by atoms with Gasteiger partial charge in [-0.05, 0) is 19.9 Å². The third-order valence-electron chi connectivity index (χ3n) is 3.11. The van der Waals surface area contributed by atoms with E-state index in [1.165, 1.54) is 12.5 Å². The van der Waals surface area contributed by atoms with Crippen LogP contribution in [0.2, 0.25) is 0 Å². The second-order valence-electron chi connectivity index (χ2n) is 4.73. The standard InChI is InChI=1S/C13H18N2O4/c1-9-7-19-10(2)6-15(9)12(16)5-14-13(17)11-3-4-18-8-11/h3-4,8-10H,5-7H2,1-2H3,(H,14,17)/t9-,10+/m1/s1. The molecule has 2 heterocycles. The summed E-state index contributed by atoms with van der Waals surface area (Å²) in [5, 5.41) is 2.59. The highest BCUT2D eigenvalue weighted by molar-refractivity contribution is 5.96. The van der Waals surface area contributed by atoms with Crippen molar-refractivity contribution in [2.45, 2.75) is 26.0 Å². The molecule has 0 radical (unpaired) electrons. The van der Waals surface area contributed by atoms with Gasteiger partial charge in [-0.2, -0.15) is 0 Å². The Hall–Kier alpha value is -1.82. The number of nitrogens with zero attached hydrogens (tertiary/aromatic N) is 1. The van der Waals surface area contributed by atoms with Crippen molar-refractivity contribution < 1.29 is 18.7 Å². The summed E-state index contributed by atoms with van der Waals surface area (Å²) in [7, 11) is 0. The highest BCUT2D eigenvalue weighted by Crippen LogP contribution is 2.11. The van der Waals surface area contributed by atoms with Gasteiger partial charge >= 0.3 is 0 Å². The van der Waals surface area contributed by atoms with E-state index < -0.39 is 0 Å². The van der Waals surface area contributed by atoms with Gasteiger partial charge in [0.05, 0.1) is 37.1 Å². The maximum Gasteiger partial charge on any atom is 0.254 e. The molecule has 0 unspecified atom stereocenters. The Labute approximate surface area is 111 Å². The van der Waals surface area contributed by atoms with Crippen LogP contribution in [0.15, 0.2) is 23.0 Å². The number of rotatable bonds is 3. The fourth-order valence-electron chi connectivity index (χ4n) is 2.00. The maximum absolute atomic E-state index is 12.1. The normalized spacial score (nSPS) is 23.2. The van der Waals surface area contributed by atoms with Crippen LogP contribution in [0.4, 0.5) is 0 Å². The molecule has 19 heavy (non-hydrogen) atoms. The molecule has 1 aromatic rings. The first kappa shape index (κ1) is 13.6. The minimum atomic E-state index is -0.309. The average Bonchev–Trinajstić information content (AvgIpc) is 2.92. The first-order valence-corrected chi connectivity index (χ1v) is 6.29. The number of hydrogen-bond acceptors (Lipinski definition) is 4. The van der Waals surface area contributed by atoms with Gasteiger partial charge in [-0.15, -0.1) is 0 Å². The first-order valence-electron chi connectivity index (χ1n) is 6.29. The van der Waals surface area contributed by atoms with Gasteiger partial charge in [0, 0.05) is 6.54 Å². The molecule has 104 valence electrons. The molecule has 6 nitrogen and oxygen atoms in total. The average molecular weight is 266 g/mol.